The van der Waals surface area contributed by atoms with Gasteiger partial charge in [-0.3, -0.25) is 0 Å². The molecule has 16 heavy (non-hydrogen) atoms. The molecule has 2 aromatic rings. The molecule has 1 aromatic heterocycles. The predicted octanol–water partition coefficient (Wildman–Crippen LogP) is -1.46. The Balaban J connectivity index is 0.00000128. The fourth-order valence-electron chi connectivity index (χ4n) is 1.25. The standard InChI is InChI=1S/C12H11N3.ClH/c13-12(11-8-4-5-9-14-11)15-10-6-2-1-3-7-10;/h1-9H,(H2,13,15);1H. The summed E-state index contributed by atoms with van der Waals surface area (Å²) in [6.45, 7) is 0. The summed E-state index contributed by atoms with van der Waals surface area (Å²) in [6, 6.07) is 15.3. The maximum atomic E-state index is 5.85. The number of pyridine rings is 1. The molecule has 2 rings (SSSR count). The zero-order chi connectivity index (χ0) is 10.5. The lowest BCUT2D eigenvalue weighted by Gasteiger charge is -1.95. The highest BCUT2D eigenvalue weighted by Crippen LogP contribution is 2.09. The van der Waals surface area contributed by atoms with Crippen molar-refractivity contribution in [2.45, 2.75) is 0 Å². The number of para-hydroxylation sites is 1. The van der Waals surface area contributed by atoms with E-state index in [0.717, 1.165) is 11.4 Å². The second-order valence-electron chi connectivity index (χ2n) is 3.11. The van der Waals surface area contributed by atoms with Crippen LogP contribution < -0.4 is 23.1 Å². The Bertz CT molecular complexity index is 454. The quantitative estimate of drug-likeness (QED) is 0.501. The van der Waals surface area contributed by atoms with E-state index in [1.807, 2.05) is 54.7 Å². The fourth-order valence-corrected chi connectivity index (χ4v) is 1.25. The summed E-state index contributed by atoms with van der Waals surface area (Å²) in [5.41, 5.74) is 7.52. The van der Waals surface area contributed by atoms with Gasteiger partial charge in [0.25, 0.3) is 0 Å². The van der Waals surface area contributed by atoms with Crippen LogP contribution in [0.25, 0.3) is 0 Å². The van der Waals surface area contributed by atoms with E-state index in [0.29, 0.717) is 5.84 Å². The van der Waals surface area contributed by atoms with E-state index in [9.17, 15) is 0 Å². The van der Waals surface area contributed by atoms with Crippen LogP contribution in [-0.2, 0) is 0 Å². The van der Waals surface area contributed by atoms with Crippen molar-refractivity contribution < 1.29 is 17.4 Å². The molecule has 0 aliphatic carbocycles. The summed E-state index contributed by atoms with van der Waals surface area (Å²) in [6.07, 6.45) is 1.82. The number of nitrogens with zero attached hydrogens (tertiary/aromatic N) is 1. The summed E-state index contributed by atoms with van der Waals surface area (Å²) < 4.78 is 0. The normalized spacial score (nSPS) is 10.6. The number of hydrogen-bond donors (Lipinski definition) is 1. The molecule has 82 valence electrons. The summed E-state index contributed by atoms with van der Waals surface area (Å²) in [5, 5.41) is 0. The Morgan fingerprint density at radius 3 is 2.31 bits per heavy atom. The first-order chi connectivity index (χ1) is 7.36. The third-order valence-electron chi connectivity index (χ3n) is 1.99. The molecule has 3 nitrogen and oxygen atoms in total. The van der Waals surface area contributed by atoms with E-state index < -0.39 is 0 Å². The van der Waals surface area contributed by atoms with Gasteiger partial charge in [0.05, 0.1) is 5.69 Å². The third kappa shape index (κ3) is 3.07. The fraction of sp³-hybridized carbons (Fsp3) is 0. The Morgan fingerprint density at radius 2 is 1.69 bits per heavy atom. The number of rotatable bonds is 2. The zero-order valence-electron chi connectivity index (χ0n) is 8.60. The summed E-state index contributed by atoms with van der Waals surface area (Å²) in [4.78, 5) is 7.33. The van der Waals surface area contributed by atoms with E-state index in [-0.39, 0.29) is 12.4 Å². The van der Waals surface area contributed by atoms with Crippen molar-refractivity contribution in [3.05, 3.63) is 60.4 Å². The van der Waals surface area contributed by atoms with Gasteiger partial charge in [-0.2, -0.15) is 0 Å². The van der Waals surface area contributed by atoms with E-state index in [1.165, 1.54) is 0 Å². The number of aliphatic imine (C=N–C) groups is 1. The van der Waals surface area contributed by atoms with E-state index in [2.05, 4.69) is 9.98 Å². The highest BCUT2D eigenvalue weighted by Gasteiger charge is 2.03. The molecule has 0 saturated carbocycles. The van der Waals surface area contributed by atoms with Crippen LogP contribution in [0, 0.1) is 0 Å². The largest absolute Gasteiger partial charge is 1.00 e. The minimum absolute atomic E-state index is 0. The van der Waals surface area contributed by atoms with Crippen molar-refractivity contribution in [1.82, 2.24) is 0 Å². The van der Waals surface area contributed by atoms with Gasteiger partial charge < -0.3 is 18.1 Å². The second kappa shape index (κ2) is 5.88. The number of H-pyrrole nitrogens is 1. The van der Waals surface area contributed by atoms with Gasteiger partial charge >= 0.3 is 0 Å². The van der Waals surface area contributed by atoms with Gasteiger partial charge in [-0.1, -0.05) is 18.2 Å². The number of halogens is 1. The molecule has 0 radical (unpaired) electrons. The van der Waals surface area contributed by atoms with Gasteiger partial charge in [-0.25, -0.2) is 9.98 Å². The second-order valence-corrected chi connectivity index (χ2v) is 3.11. The van der Waals surface area contributed by atoms with Crippen molar-refractivity contribution in [2.75, 3.05) is 0 Å². The van der Waals surface area contributed by atoms with E-state index >= 15 is 0 Å². The van der Waals surface area contributed by atoms with Gasteiger partial charge in [-0.05, 0) is 18.2 Å². The highest BCUT2D eigenvalue weighted by atomic mass is 35.5. The number of nitrogens with one attached hydrogen (secondary N) is 1. The van der Waals surface area contributed by atoms with Gasteiger partial charge in [0.2, 0.25) is 5.69 Å². The Morgan fingerprint density at radius 1 is 1.00 bits per heavy atom. The lowest BCUT2D eigenvalue weighted by molar-refractivity contribution is -0.380. The lowest BCUT2D eigenvalue weighted by atomic mass is 10.3. The maximum absolute atomic E-state index is 5.85. The first-order valence-electron chi connectivity index (χ1n) is 4.72. The van der Waals surface area contributed by atoms with Gasteiger partial charge in [-0.15, -0.1) is 0 Å². The molecule has 0 atom stereocenters. The molecule has 0 saturated heterocycles. The van der Waals surface area contributed by atoms with Crippen LogP contribution in [0.3, 0.4) is 0 Å². The molecular formula is C12H12ClN3. The number of hydrogen-bond acceptors (Lipinski definition) is 1. The molecular weight excluding hydrogens is 222 g/mol. The molecule has 0 bridgehead atoms. The molecule has 0 amide bonds. The van der Waals surface area contributed by atoms with Crippen molar-refractivity contribution in [3.63, 3.8) is 0 Å². The van der Waals surface area contributed by atoms with Crippen LogP contribution in [0.5, 0.6) is 0 Å². The smallest absolute Gasteiger partial charge is 0.246 e. The molecule has 0 aliphatic heterocycles. The van der Waals surface area contributed by atoms with Gasteiger partial charge in [0.1, 0.15) is 0 Å². The predicted molar refractivity (Wildman–Crippen MR) is 59.8 cm³/mol. The van der Waals surface area contributed by atoms with Crippen molar-refractivity contribution in [3.8, 4) is 0 Å². The molecule has 3 N–H and O–H groups in total. The number of aromatic nitrogens is 1. The van der Waals surface area contributed by atoms with Crippen LogP contribution >= 0.6 is 0 Å². The highest BCUT2D eigenvalue weighted by molar-refractivity contribution is 5.95. The van der Waals surface area contributed by atoms with E-state index in [4.69, 9.17) is 5.73 Å². The average molecular weight is 234 g/mol. The van der Waals surface area contributed by atoms with Crippen molar-refractivity contribution >= 4 is 11.5 Å². The van der Waals surface area contributed by atoms with Crippen molar-refractivity contribution in [2.24, 2.45) is 10.7 Å². The van der Waals surface area contributed by atoms with Crippen LogP contribution in [0.2, 0.25) is 0 Å². The summed E-state index contributed by atoms with van der Waals surface area (Å²) in [5.74, 6) is 0.488. The first kappa shape index (κ1) is 12.2. The molecule has 0 aliphatic rings. The molecule has 0 fully saturated rings. The van der Waals surface area contributed by atoms with Crippen molar-refractivity contribution in [1.29, 1.82) is 0 Å². The number of nitrogens with two attached hydrogens (primary N) is 1. The monoisotopic (exact) mass is 233 g/mol. The molecule has 4 heteroatoms. The SMILES string of the molecule is NC(=Nc1ccccc1)c1cccc[nH+]1.[Cl-]. The summed E-state index contributed by atoms with van der Waals surface area (Å²) >= 11 is 0. The number of amidine groups is 1. The lowest BCUT2D eigenvalue weighted by Crippen LogP contribution is -3.00. The molecule has 0 spiro atoms. The maximum Gasteiger partial charge on any atom is 0.246 e. The Kier molecular flexibility index (Phi) is 4.48. The van der Waals surface area contributed by atoms with Crippen LogP contribution in [0.4, 0.5) is 5.69 Å². The number of aromatic amines is 1. The Labute approximate surface area is 100 Å². The minimum Gasteiger partial charge on any atom is -1.00 e. The average Bonchev–Trinajstić information content (AvgIpc) is 2.31. The minimum atomic E-state index is 0. The summed E-state index contributed by atoms with van der Waals surface area (Å²) in [7, 11) is 0. The molecule has 0 unspecified atom stereocenters. The third-order valence-corrected chi connectivity index (χ3v) is 1.99. The molecule has 1 heterocycles. The zero-order valence-corrected chi connectivity index (χ0v) is 9.35. The molecule has 1 aromatic carbocycles. The topological polar surface area (TPSA) is 52.5 Å². The van der Waals surface area contributed by atoms with Crippen LogP contribution in [0.15, 0.2) is 59.7 Å². The number of benzene rings is 1. The Hall–Kier alpha value is -1.87. The van der Waals surface area contributed by atoms with E-state index in [1.54, 1.807) is 0 Å². The first-order valence-corrected chi connectivity index (χ1v) is 4.72. The van der Waals surface area contributed by atoms with Gasteiger partial charge in [0.15, 0.2) is 12.0 Å². The van der Waals surface area contributed by atoms with Crippen LogP contribution in [-0.4, -0.2) is 5.84 Å². The van der Waals surface area contributed by atoms with Crippen LogP contribution in [0.1, 0.15) is 5.69 Å². The van der Waals surface area contributed by atoms with Gasteiger partial charge in [0, 0.05) is 12.1 Å².